The minimum absolute atomic E-state index is 0.00231. The molecule has 0 bridgehead atoms. The summed E-state index contributed by atoms with van der Waals surface area (Å²) >= 11 is 1.03. The highest BCUT2D eigenvalue weighted by Gasteiger charge is 2.23. The van der Waals surface area contributed by atoms with Gasteiger partial charge in [0.1, 0.15) is 23.8 Å². The van der Waals surface area contributed by atoms with E-state index in [9.17, 15) is 28.9 Å². The van der Waals surface area contributed by atoms with Crippen molar-refractivity contribution in [2.24, 2.45) is 0 Å². The molecule has 32 heavy (non-hydrogen) atoms. The van der Waals surface area contributed by atoms with Gasteiger partial charge in [-0.1, -0.05) is 12.1 Å². The monoisotopic (exact) mass is 460 g/mol. The minimum Gasteiger partial charge on any atom is -0.462 e. The van der Waals surface area contributed by atoms with Crippen LogP contribution in [0.5, 0.6) is 0 Å². The molecule has 1 heterocycles. The Morgan fingerprint density at radius 2 is 1.91 bits per heavy atom. The first-order valence-corrected chi connectivity index (χ1v) is 10.2. The maximum absolute atomic E-state index is 14.4. The van der Waals surface area contributed by atoms with Crippen LogP contribution in [0.1, 0.15) is 32.5 Å². The number of nitro benzene ring substituents is 1. The van der Waals surface area contributed by atoms with Gasteiger partial charge in [0.15, 0.2) is 0 Å². The normalized spacial score (nSPS) is 10.6. The van der Waals surface area contributed by atoms with Crippen molar-refractivity contribution in [2.75, 3.05) is 13.2 Å². The van der Waals surface area contributed by atoms with Gasteiger partial charge in [-0.2, -0.15) is 0 Å². The second-order valence-corrected chi connectivity index (χ2v) is 7.45. The van der Waals surface area contributed by atoms with Gasteiger partial charge in [0.05, 0.1) is 11.5 Å². The lowest BCUT2D eigenvalue weighted by molar-refractivity contribution is -0.384. The largest absolute Gasteiger partial charge is 0.462 e. The van der Waals surface area contributed by atoms with Crippen molar-refractivity contribution in [3.05, 3.63) is 74.4 Å². The highest BCUT2D eigenvalue weighted by Crippen LogP contribution is 2.34. The van der Waals surface area contributed by atoms with Crippen LogP contribution in [-0.4, -0.2) is 35.9 Å². The van der Waals surface area contributed by atoms with E-state index in [0.29, 0.717) is 4.70 Å². The number of esters is 2. The maximum atomic E-state index is 14.4. The number of thiophene rings is 1. The Morgan fingerprint density at radius 3 is 2.62 bits per heavy atom. The molecule has 0 aliphatic heterocycles. The van der Waals surface area contributed by atoms with Crippen molar-refractivity contribution >= 4 is 45.0 Å². The fraction of sp³-hybridized carbons (Fsp3) is 0.190. The fourth-order valence-corrected chi connectivity index (χ4v) is 4.00. The second-order valence-electron chi connectivity index (χ2n) is 6.39. The van der Waals surface area contributed by atoms with Crippen LogP contribution in [0.15, 0.2) is 42.5 Å². The zero-order valence-corrected chi connectivity index (χ0v) is 17.6. The number of halogens is 1. The molecule has 0 atom stereocenters. The Balaban J connectivity index is 1.69. The number of nitrogens with zero attached hydrogens (tertiary/aromatic N) is 1. The molecule has 11 heteroatoms. The van der Waals surface area contributed by atoms with Crippen LogP contribution in [0.2, 0.25) is 0 Å². The summed E-state index contributed by atoms with van der Waals surface area (Å²) in [5, 5.41) is 13.3. The molecule has 9 nitrogen and oxygen atoms in total. The van der Waals surface area contributed by atoms with E-state index in [1.54, 1.807) is 13.0 Å². The Bertz CT molecular complexity index is 1210. The zero-order valence-electron chi connectivity index (χ0n) is 16.8. The van der Waals surface area contributed by atoms with Gasteiger partial charge in [-0.25, -0.2) is 9.18 Å². The Hall–Kier alpha value is -3.86. The molecule has 2 aromatic carbocycles. The summed E-state index contributed by atoms with van der Waals surface area (Å²) in [6.07, 6.45) is 0. The summed E-state index contributed by atoms with van der Waals surface area (Å²) in [5.74, 6) is -2.77. The number of nitrogens with one attached hydrogen (secondary N) is 1. The quantitative estimate of drug-likeness (QED) is 0.309. The number of hydrogen-bond acceptors (Lipinski definition) is 8. The Labute approximate surface area is 184 Å². The molecule has 0 spiro atoms. The van der Waals surface area contributed by atoms with Crippen molar-refractivity contribution in [1.29, 1.82) is 0 Å². The molecule has 0 fully saturated rings. The molecule has 0 saturated heterocycles. The first-order chi connectivity index (χ1) is 15.3. The summed E-state index contributed by atoms with van der Waals surface area (Å²) < 4.78 is 25.0. The smallest absolute Gasteiger partial charge is 0.348 e. The predicted octanol–water partition coefficient (Wildman–Crippen LogP) is 3.60. The Kier molecular flexibility index (Phi) is 7.11. The van der Waals surface area contributed by atoms with E-state index in [4.69, 9.17) is 9.47 Å². The number of benzene rings is 2. The van der Waals surface area contributed by atoms with Gasteiger partial charge in [-0.15, -0.1) is 11.3 Å². The third kappa shape index (κ3) is 5.06. The van der Waals surface area contributed by atoms with Crippen LogP contribution in [0.25, 0.3) is 10.1 Å². The van der Waals surface area contributed by atoms with Crippen molar-refractivity contribution in [2.45, 2.75) is 13.5 Å². The number of amides is 1. The number of carbonyl (C=O) groups excluding carboxylic acids is 3. The van der Waals surface area contributed by atoms with Crippen molar-refractivity contribution in [1.82, 2.24) is 5.32 Å². The number of nitro groups is 1. The lowest BCUT2D eigenvalue weighted by Gasteiger charge is -2.08. The van der Waals surface area contributed by atoms with Crippen LogP contribution in [0.3, 0.4) is 0 Å². The number of rotatable bonds is 8. The second kappa shape index (κ2) is 9.96. The molecule has 0 unspecified atom stereocenters. The van der Waals surface area contributed by atoms with Gasteiger partial charge in [-0.05, 0) is 25.1 Å². The SMILES string of the molecule is CCOC(=O)c1sc2cccc(F)c2c1COC(=O)CNC(=O)c1cccc([N+](=O)[O-])c1. The van der Waals surface area contributed by atoms with Gasteiger partial charge in [0.2, 0.25) is 0 Å². The van der Waals surface area contributed by atoms with E-state index < -0.39 is 41.7 Å². The average Bonchev–Trinajstić information content (AvgIpc) is 3.16. The van der Waals surface area contributed by atoms with Gasteiger partial charge < -0.3 is 14.8 Å². The lowest BCUT2D eigenvalue weighted by Crippen LogP contribution is -2.30. The third-order valence-electron chi connectivity index (χ3n) is 4.31. The third-order valence-corrected chi connectivity index (χ3v) is 5.49. The molecule has 0 aliphatic rings. The first kappa shape index (κ1) is 22.8. The van der Waals surface area contributed by atoms with E-state index in [1.807, 2.05) is 0 Å². The van der Waals surface area contributed by atoms with E-state index in [2.05, 4.69) is 5.32 Å². The van der Waals surface area contributed by atoms with Crippen molar-refractivity contribution in [3.8, 4) is 0 Å². The standard InChI is InChI=1S/C21H17FN2O7S/c1-2-30-21(27)19-14(18-15(22)7-4-8-16(18)32-19)11-31-17(25)10-23-20(26)12-5-3-6-13(9-12)24(28)29/h3-9H,2,10-11H2,1H3,(H,23,26). The molecular formula is C21H17FN2O7S. The minimum atomic E-state index is -0.839. The van der Waals surface area contributed by atoms with Gasteiger partial charge >= 0.3 is 11.9 Å². The molecule has 166 valence electrons. The zero-order chi connectivity index (χ0) is 23.3. The average molecular weight is 460 g/mol. The molecule has 3 aromatic rings. The first-order valence-electron chi connectivity index (χ1n) is 9.37. The van der Waals surface area contributed by atoms with Gasteiger partial charge in [0, 0.05) is 33.3 Å². The lowest BCUT2D eigenvalue weighted by atomic mass is 10.1. The molecule has 0 saturated carbocycles. The summed E-state index contributed by atoms with van der Waals surface area (Å²) in [7, 11) is 0. The Morgan fingerprint density at radius 1 is 1.16 bits per heavy atom. The van der Waals surface area contributed by atoms with Crippen LogP contribution >= 0.6 is 11.3 Å². The predicted molar refractivity (Wildman–Crippen MR) is 113 cm³/mol. The van der Waals surface area contributed by atoms with Crippen molar-refractivity contribution < 1.29 is 33.2 Å². The number of non-ortho nitro benzene ring substituents is 1. The van der Waals surface area contributed by atoms with Crippen LogP contribution in [-0.2, 0) is 20.9 Å². The van der Waals surface area contributed by atoms with E-state index in [0.717, 1.165) is 17.4 Å². The van der Waals surface area contributed by atoms with Crippen LogP contribution < -0.4 is 5.32 Å². The number of carbonyl (C=O) groups is 3. The van der Waals surface area contributed by atoms with Crippen molar-refractivity contribution in [3.63, 3.8) is 0 Å². The molecule has 1 N–H and O–H groups in total. The molecular weight excluding hydrogens is 443 g/mol. The summed E-state index contributed by atoms with van der Waals surface area (Å²) in [6.45, 7) is 0.829. The molecule has 0 aliphatic carbocycles. The van der Waals surface area contributed by atoms with Gasteiger partial charge in [-0.3, -0.25) is 19.7 Å². The highest BCUT2D eigenvalue weighted by atomic mass is 32.1. The molecule has 1 amide bonds. The number of hydrogen-bond donors (Lipinski definition) is 1. The highest BCUT2D eigenvalue weighted by molar-refractivity contribution is 7.21. The van der Waals surface area contributed by atoms with Gasteiger partial charge in [0.25, 0.3) is 11.6 Å². The van der Waals surface area contributed by atoms with Crippen LogP contribution in [0, 0.1) is 15.9 Å². The number of ether oxygens (including phenoxy) is 2. The molecule has 1 aromatic heterocycles. The summed E-state index contributed by atoms with van der Waals surface area (Å²) in [5.41, 5.74) is -0.0829. The number of fused-ring (bicyclic) bond motifs is 1. The molecule has 0 radical (unpaired) electrons. The molecule has 3 rings (SSSR count). The van der Waals surface area contributed by atoms with E-state index in [-0.39, 0.29) is 33.7 Å². The van der Waals surface area contributed by atoms with E-state index >= 15 is 0 Å². The topological polar surface area (TPSA) is 125 Å². The van der Waals surface area contributed by atoms with Crippen LogP contribution in [0.4, 0.5) is 10.1 Å². The van der Waals surface area contributed by atoms with E-state index in [1.165, 1.54) is 30.3 Å². The summed E-state index contributed by atoms with van der Waals surface area (Å²) in [6, 6.07) is 9.38. The maximum Gasteiger partial charge on any atom is 0.348 e. The fourth-order valence-electron chi connectivity index (χ4n) is 2.89. The summed E-state index contributed by atoms with van der Waals surface area (Å²) in [4.78, 5) is 46.8.